The molecule has 0 fully saturated rings. The molecule has 3 rings (SSSR count). The van der Waals surface area contributed by atoms with Gasteiger partial charge in [-0.25, -0.2) is 10.9 Å². The van der Waals surface area contributed by atoms with Crippen LogP contribution >= 0.6 is 0 Å². The standard InChI is InChI=1S/C32H33BN6O4/c1-3-5-7-9-11-24-14-28(22-34-18-24)31(40)38-36-20-26-13-27(17-30(16-26)33(42)43)21-37-39-32(41)29-15-25(19-35-23-29)12-10-8-6-4-2/h13-23,42-43H,3-8H2,1-2H3,(H,38,40)(H,39,41)/b36-20+,37-21+. The highest BCUT2D eigenvalue weighted by molar-refractivity contribution is 6.58. The van der Waals surface area contributed by atoms with Gasteiger partial charge in [-0.1, -0.05) is 62.5 Å². The van der Waals surface area contributed by atoms with E-state index in [0.717, 1.165) is 38.5 Å². The van der Waals surface area contributed by atoms with Gasteiger partial charge in [-0.3, -0.25) is 19.6 Å². The molecule has 4 N–H and O–H groups in total. The molecule has 2 aromatic heterocycles. The van der Waals surface area contributed by atoms with Gasteiger partial charge in [-0.15, -0.1) is 0 Å². The first-order chi connectivity index (χ1) is 20.9. The van der Waals surface area contributed by atoms with Crippen LogP contribution in [0.4, 0.5) is 0 Å². The maximum Gasteiger partial charge on any atom is 0.488 e. The van der Waals surface area contributed by atoms with Crippen LogP contribution in [0.5, 0.6) is 0 Å². The Bertz CT molecular complexity index is 1490. The highest BCUT2D eigenvalue weighted by Crippen LogP contribution is 2.05. The van der Waals surface area contributed by atoms with Gasteiger partial charge in [0, 0.05) is 48.8 Å². The van der Waals surface area contributed by atoms with E-state index in [4.69, 9.17) is 0 Å². The lowest BCUT2D eigenvalue weighted by molar-refractivity contribution is 0.0946. The molecule has 0 spiro atoms. The Morgan fingerprint density at radius 2 is 1.23 bits per heavy atom. The average molecular weight is 576 g/mol. The molecule has 11 heteroatoms. The normalized spacial score (nSPS) is 10.5. The molecule has 0 atom stereocenters. The molecule has 2 heterocycles. The molecule has 218 valence electrons. The number of amides is 2. The van der Waals surface area contributed by atoms with E-state index in [-0.39, 0.29) is 5.46 Å². The van der Waals surface area contributed by atoms with E-state index in [9.17, 15) is 19.6 Å². The predicted molar refractivity (Wildman–Crippen MR) is 168 cm³/mol. The topological polar surface area (TPSA) is 149 Å². The molecule has 0 saturated carbocycles. The van der Waals surface area contributed by atoms with Crippen molar-refractivity contribution in [2.75, 3.05) is 0 Å². The van der Waals surface area contributed by atoms with E-state index in [0.29, 0.717) is 33.4 Å². The lowest BCUT2D eigenvalue weighted by Crippen LogP contribution is -2.30. The monoisotopic (exact) mass is 576 g/mol. The molecule has 1 aromatic carbocycles. The number of carbonyl (C=O) groups excluding carboxylic acids is 2. The maximum absolute atomic E-state index is 12.6. The third-order valence-electron chi connectivity index (χ3n) is 5.83. The van der Waals surface area contributed by atoms with Crippen molar-refractivity contribution in [3.05, 3.63) is 88.5 Å². The van der Waals surface area contributed by atoms with Crippen LogP contribution in [0.1, 0.15) is 95.3 Å². The molecule has 0 radical (unpaired) electrons. The molecule has 0 saturated heterocycles. The first kappa shape index (κ1) is 32.4. The smallest absolute Gasteiger partial charge is 0.423 e. The average Bonchev–Trinajstić information content (AvgIpc) is 3.01. The summed E-state index contributed by atoms with van der Waals surface area (Å²) in [5.41, 5.74) is 7.79. The Labute approximate surface area is 251 Å². The van der Waals surface area contributed by atoms with E-state index in [1.165, 1.54) is 37.0 Å². The van der Waals surface area contributed by atoms with Crippen molar-refractivity contribution in [3.63, 3.8) is 0 Å². The summed E-state index contributed by atoms with van der Waals surface area (Å²) in [7, 11) is -1.76. The lowest BCUT2D eigenvalue weighted by atomic mass is 9.79. The minimum Gasteiger partial charge on any atom is -0.423 e. The number of nitrogens with one attached hydrogen (secondary N) is 2. The molecule has 0 aliphatic rings. The Hall–Kier alpha value is -5.10. The van der Waals surface area contributed by atoms with Gasteiger partial charge in [0.05, 0.1) is 23.6 Å². The van der Waals surface area contributed by atoms with Gasteiger partial charge in [0.15, 0.2) is 0 Å². The van der Waals surface area contributed by atoms with Crippen molar-refractivity contribution in [2.45, 2.75) is 52.4 Å². The second-order valence-corrected chi connectivity index (χ2v) is 9.44. The molecule has 2 amide bonds. The third-order valence-corrected chi connectivity index (χ3v) is 5.83. The van der Waals surface area contributed by atoms with Crippen molar-refractivity contribution in [1.82, 2.24) is 20.8 Å². The van der Waals surface area contributed by atoms with Gasteiger partial charge in [-0.2, -0.15) is 10.2 Å². The minimum atomic E-state index is -1.76. The predicted octanol–water partition coefficient (Wildman–Crippen LogP) is 2.77. The molecule has 43 heavy (non-hydrogen) atoms. The van der Waals surface area contributed by atoms with Gasteiger partial charge >= 0.3 is 7.12 Å². The fraction of sp³-hybridized carbons (Fsp3) is 0.250. The summed E-state index contributed by atoms with van der Waals surface area (Å²) in [5.74, 6) is 11.2. The molecule has 0 bridgehead atoms. The zero-order chi connectivity index (χ0) is 30.9. The van der Waals surface area contributed by atoms with Crippen LogP contribution in [0, 0.1) is 23.7 Å². The number of benzene rings is 1. The summed E-state index contributed by atoms with van der Waals surface area (Å²) in [6, 6.07) is 7.89. The molecule has 0 aliphatic heterocycles. The number of hydrogen-bond donors (Lipinski definition) is 4. The van der Waals surface area contributed by atoms with Gasteiger partial charge in [0.2, 0.25) is 0 Å². The summed E-state index contributed by atoms with van der Waals surface area (Å²) in [6.07, 6.45) is 14.4. The Balaban J connectivity index is 1.65. The van der Waals surface area contributed by atoms with Crippen molar-refractivity contribution >= 4 is 36.8 Å². The summed E-state index contributed by atoms with van der Waals surface area (Å²) < 4.78 is 0. The highest BCUT2D eigenvalue weighted by Gasteiger charge is 2.13. The number of carbonyl (C=O) groups is 2. The number of pyridine rings is 2. The number of hydrazone groups is 2. The van der Waals surface area contributed by atoms with Gasteiger partial charge in [0.1, 0.15) is 0 Å². The largest absolute Gasteiger partial charge is 0.488 e. The summed E-state index contributed by atoms with van der Waals surface area (Å²) in [4.78, 5) is 33.3. The Kier molecular flexibility index (Phi) is 13.3. The summed E-state index contributed by atoms with van der Waals surface area (Å²) in [5, 5.41) is 27.4. The maximum atomic E-state index is 12.6. The summed E-state index contributed by atoms with van der Waals surface area (Å²) >= 11 is 0. The lowest BCUT2D eigenvalue weighted by Gasteiger charge is -2.05. The van der Waals surface area contributed by atoms with E-state index in [2.05, 4.69) is 68.6 Å². The fourth-order valence-electron chi connectivity index (χ4n) is 3.58. The fourth-order valence-corrected chi connectivity index (χ4v) is 3.58. The number of unbranched alkanes of at least 4 members (excludes halogenated alkanes) is 4. The number of hydrogen-bond acceptors (Lipinski definition) is 8. The molecular weight excluding hydrogens is 543 g/mol. The van der Waals surface area contributed by atoms with Crippen molar-refractivity contribution in [1.29, 1.82) is 0 Å². The van der Waals surface area contributed by atoms with Gasteiger partial charge in [-0.05, 0) is 47.6 Å². The molecule has 10 nitrogen and oxygen atoms in total. The SMILES string of the molecule is CCCCC#Cc1cncc(C(=O)N/N=C/c2cc(/C=N/NC(=O)c3cncc(C#CCCCC)c3)cc(B(O)O)c2)c1. The van der Waals surface area contributed by atoms with Crippen molar-refractivity contribution in [2.24, 2.45) is 10.2 Å². The second kappa shape index (κ2) is 17.7. The molecule has 0 aliphatic carbocycles. The van der Waals surface area contributed by atoms with Crippen LogP contribution in [0.2, 0.25) is 0 Å². The third kappa shape index (κ3) is 11.4. The zero-order valence-electron chi connectivity index (χ0n) is 24.2. The first-order valence-corrected chi connectivity index (χ1v) is 13.9. The molecule has 0 unspecified atom stereocenters. The van der Waals surface area contributed by atoms with Crippen molar-refractivity contribution < 1.29 is 19.6 Å². The van der Waals surface area contributed by atoms with Crippen LogP contribution in [0.25, 0.3) is 0 Å². The van der Waals surface area contributed by atoms with E-state index in [1.807, 2.05) is 0 Å². The van der Waals surface area contributed by atoms with E-state index < -0.39 is 18.9 Å². The van der Waals surface area contributed by atoms with Crippen LogP contribution in [0.15, 0.2) is 65.3 Å². The number of nitrogens with zero attached hydrogens (tertiary/aromatic N) is 4. The minimum absolute atomic E-state index is 0.167. The first-order valence-electron chi connectivity index (χ1n) is 13.9. The highest BCUT2D eigenvalue weighted by atomic mass is 16.4. The second-order valence-electron chi connectivity index (χ2n) is 9.44. The number of rotatable bonds is 11. The van der Waals surface area contributed by atoms with Crippen LogP contribution in [0.3, 0.4) is 0 Å². The van der Waals surface area contributed by atoms with Crippen LogP contribution < -0.4 is 16.3 Å². The molecule has 3 aromatic rings. The van der Waals surface area contributed by atoms with Gasteiger partial charge in [0.25, 0.3) is 11.8 Å². The summed E-state index contributed by atoms with van der Waals surface area (Å²) in [6.45, 7) is 4.19. The van der Waals surface area contributed by atoms with Crippen LogP contribution in [-0.4, -0.2) is 51.4 Å². The van der Waals surface area contributed by atoms with Gasteiger partial charge < -0.3 is 10.0 Å². The van der Waals surface area contributed by atoms with E-state index >= 15 is 0 Å². The van der Waals surface area contributed by atoms with E-state index in [1.54, 1.807) is 30.6 Å². The Morgan fingerprint density at radius 3 is 1.65 bits per heavy atom. The van der Waals surface area contributed by atoms with Crippen LogP contribution in [-0.2, 0) is 0 Å². The number of aromatic nitrogens is 2. The zero-order valence-corrected chi connectivity index (χ0v) is 24.2. The van der Waals surface area contributed by atoms with Crippen molar-refractivity contribution in [3.8, 4) is 23.7 Å². The molecular formula is C32H33BN6O4. The Morgan fingerprint density at radius 1 is 0.767 bits per heavy atom. The quantitative estimate of drug-likeness (QED) is 0.0907.